The van der Waals surface area contributed by atoms with E-state index in [0.717, 1.165) is 12.1 Å². The van der Waals surface area contributed by atoms with Crippen LogP contribution in [0.4, 0.5) is 13.2 Å². The molecule has 9 heteroatoms. The van der Waals surface area contributed by atoms with Crippen LogP contribution >= 0.6 is 0 Å². The first-order chi connectivity index (χ1) is 11.8. The maximum Gasteiger partial charge on any atom is 0.387 e. The first kappa shape index (κ1) is 19.1. The molecule has 136 valence electrons. The zero-order chi connectivity index (χ0) is 18.4. The zero-order valence-electron chi connectivity index (χ0n) is 13.2. The van der Waals surface area contributed by atoms with E-state index >= 15 is 0 Å². The molecule has 0 unspecified atom stereocenters. The highest BCUT2D eigenvalue weighted by Crippen LogP contribution is 2.29. The fraction of sp³-hybridized carbons (Fsp3) is 0.250. The maximum absolute atomic E-state index is 13.6. The van der Waals surface area contributed by atoms with Gasteiger partial charge < -0.3 is 9.47 Å². The number of ether oxygens (including phenoxy) is 2. The van der Waals surface area contributed by atoms with Crippen molar-refractivity contribution in [2.24, 2.45) is 0 Å². The third kappa shape index (κ3) is 5.10. The molecule has 5 nitrogen and oxygen atoms in total. The molecule has 0 fully saturated rings. The Kier molecular flexibility index (Phi) is 6.27. The van der Waals surface area contributed by atoms with Crippen LogP contribution in [0, 0.1) is 5.82 Å². The summed E-state index contributed by atoms with van der Waals surface area (Å²) in [6.45, 7) is -2.98. The van der Waals surface area contributed by atoms with Gasteiger partial charge in [0, 0.05) is 6.54 Å². The molecule has 0 amide bonds. The standard InChI is InChI=1S/C16H16F3NO4S/c1-23-14-10-11(6-7-13(14)24-16(18)19)8-9-20-25(21,22)15-5-3-2-4-12(15)17/h2-7,10,16,20H,8-9H2,1H3. The van der Waals surface area contributed by atoms with Gasteiger partial charge in [-0.15, -0.1) is 0 Å². The molecule has 2 rings (SSSR count). The van der Waals surface area contributed by atoms with Crippen molar-refractivity contribution in [1.29, 1.82) is 0 Å². The smallest absolute Gasteiger partial charge is 0.387 e. The number of hydrogen-bond acceptors (Lipinski definition) is 4. The summed E-state index contributed by atoms with van der Waals surface area (Å²) in [6.07, 6.45) is 0.249. The summed E-state index contributed by atoms with van der Waals surface area (Å²) >= 11 is 0. The molecule has 0 aromatic heterocycles. The quantitative estimate of drug-likeness (QED) is 0.771. The van der Waals surface area contributed by atoms with Gasteiger partial charge in [-0.1, -0.05) is 18.2 Å². The second-order valence-corrected chi connectivity index (χ2v) is 6.68. The largest absolute Gasteiger partial charge is 0.493 e. The summed E-state index contributed by atoms with van der Waals surface area (Å²) in [5.41, 5.74) is 0.634. The predicted octanol–water partition coefficient (Wildman–Crippen LogP) is 2.96. The van der Waals surface area contributed by atoms with Crippen LogP contribution in [0.3, 0.4) is 0 Å². The summed E-state index contributed by atoms with van der Waals surface area (Å²) in [5.74, 6) is -0.854. The van der Waals surface area contributed by atoms with Crippen molar-refractivity contribution in [2.45, 2.75) is 17.9 Å². The molecule has 0 saturated heterocycles. The first-order valence-electron chi connectivity index (χ1n) is 7.19. The highest BCUT2D eigenvalue weighted by molar-refractivity contribution is 7.89. The van der Waals surface area contributed by atoms with E-state index in [4.69, 9.17) is 4.74 Å². The number of nitrogens with one attached hydrogen (secondary N) is 1. The molecule has 0 atom stereocenters. The Hall–Kier alpha value is -2.26. The van der Waals surface area contributed by atoms with Gasteiger partial charge in [-0.25, -0.2) is 17.5 Å². The van der Waals surface area contributed by atoms with Crippen molar-refractivity contribution >= 4 is 10.0 Å². The molecule has 0 aliphatic heterocycles. The van der Waals surface area contributed by atoms with Gasteiger partial charge in [0.05, 0.1) is 7.11 Å². The van der Waals surface area contributed by atoms with E-state index in [1.54, 1.807) is 0 Å². The molecule has 0 heterocycles. The van der Waals surface area contributed by atoms with Gasteiger partial charge in [0.2, 0.25) is 10.0 Å². The van der Waals surface area contributed by atoms with Gasteiger partial charge in [0.25, 0.3) is 0 Å². The van der Waals surface area contributed by atoms with Gasteiger partial charge in [-0.3, -0.25) is 0 Å². The number of halogens is 3. The van der Waals surface area contributed by atoms with Crippen molar-refractivity contribution in [3.05, 3.63) is 53.8 Å². The van der Waals surface area contributed by atoms with Crippen LogP contribution in [0.25, 0.3) is 0 Å². The lowest BCUT2D eigenvalue weighted by Gasteiger charge is -2.12. The topological polar surface area (TPSA) is 64.6 Å². The molecule has 0 saturated carbocycles. The Morgan fingerprint density at radius 1 is 1.12 bits per heavy atom. The molecule has 0 aliphatic carbocycles. The highest BCUT2D eigenvalue weighted by atomic mass is 32.2. The molecule has 2 aromatic carbocycles. The molecular formula is C16H16F3NO4S. The van der Waals surface area contributed by atoms with E-state index in [1.165, 1.54) is 37.4 Å². The summed E-state index contributed by atoms with van der Waals surface area (Å²) in [7, 11) is -2.68. The van der Waals surface area contributed by atoms with Gasteiger partial charge in [-0.2, -0.15) is 8.78 Å². The monoisotopic (exact) mass is 375 g/mol. The van der Waals surface area contributed by atoms with E-state index < -0.39 is 27.3 Å². The van der Waals surface area contributed by atoms with E-state index in [9.17, 15) is 21.6 Å². The van der Waals surface area contributed by atoms with E-state index in [0.29, 0.717) is 5.56 Å². The number of sulfonamides is 1. The minimum absolute atomic E-state index is 0.00509. The van der Waals surface area contributed by atoms with Crippen LogP contribution in [0.1, 0.15) is 5.56 Å². The summed E-state index contributed by atoms with van der Waals surface area (Å²) in [6, 6.07) is 9.32. The Labute approximate surface area is 143 Å². The summed E-state index contributed by atoms with van der Waals surface area (Å²) in [5, 5.41) is 0. The average Bonchev–Trinajstić information content (AvgIpc) is 2.55. The summed E-state index contributed by atoms with van der Waals surface area (Å²) in [4.78, 5) is -0.437. The lowest BCUT2D eigenvalue weighted by atomic mass is 10.1. The second kappa shape index (κ2) is 8.21. The fourth-order valence-corrected chi connectivity index (χ4v) is 3.24. The second-order valence-electron chi connectivity index (χ2n) is 4.94. The molecular weight excluding hydrogens is 359 g/mol. The maximum atomic E-state index is 13.6. The Balaban J connectivity index is 2.03. The Morgan fingerprint density at radius 2 is 1.84 bits per heavy atom. The lowest BCUT2D eigenvalue weighted by Crippen LogP contribution is -2.26. The van der Waals surface area contributed by atoms with Gasteiger partial charge in [0.1, 0.15) is 10.7 Å². The van der Waals surface area contributed by atoms with Gasteiger partial charge in [0.15, 0.2) is 11.5 Å². The Bertz CT molecular complexity index is 828. The number of rotatable bonds is 8. The van der Waals surface area contributed by atoms with Crippen molar-refractivity contribution < 1.29 is 31.1 Å². The molecule has 0 bridgehead atoms. The van der Waals surface area contributed by atoms with Gasteiger partial charge >= 0.3 is 6.61 Å². The predicted molar refractivity (Wildman–Crippen MR) is 84.9 cm³/mol. The first-order valence-corrected chi connectivity index (χ1v) is 8.67. The van der Waals surface area contributed by atoms with Crippen LogP contribution in [-0.2, 0) is 16.4 Å². The van der Waals surface area contributed by atoms with E-state index in [-0.39, 0.29) is 24.5 Å². The van der Waals surface area contributed by atoms with Crippen LogP contribution in [0.2, 0.25) is 0 Å². The van der Waals surface area contributed by atoms with Crippen LogP contribution in [0.15, 0.2) is 47.4 Å². The lowest BCUT2D eigenvalue weighted by molar-refractivity contribution is -0.0512. The van der Waals surface area contributed by atoms with Crippen LogP contribution in [-0.4, -0.2) is 28.7 Å². The third-order valence-corrected chi connectivity index (χ3v) is 4.77. The third-order valence-electron chi connectivity index (χ3n) is 3.28. The fourth-order valence-electron chi connectivity index (χ4n) is 2.13. The molecule has 2 aromatic rings. The van der Waals surface area contributed by atoms with E-state index in [1.807, 2.05) is 0 Å². The Morgan fingerprint density at radius 3 is 2.48 bits per heavy atom. The van der Waals surface area contributed by atoms with Crippen molar-refractivity contribution in [1.82, 2.24) is 4.72 Å². The number of methoxy groups -OCH3 is 1. The molecule has 0 aliphatic rings. The SMILES string of the molecule is COc1cc(CCNS(=O)(=O)c2ccccc2F)ccc1OC(F)F. The average molecular weight is 375 g/mol. The number of alkyl halides is 2. The highest BCUT2D eigenvalue weighted by Gasteiger charge is 2.18. The van der Waals surface area contributed by atoms with E-state index in [2.05, 4.69) is 9.46 Å². The normalized spacial score (nSPS) is 11.6. The van der Waals surface area contributed by atoms with Crippen LogP contribution < -0.4 is 14.2 Å². The van der Waals surface area contributed by atoms with Crippen molar-refractivity contribution in [3.8, 4) is 11.5 Å². The molecule has 25 heavy (non-hydrogen) atoms. The van der Waals surface area contributed by atoms with Crippen molar-refractivity contribution in [2.75, 3.05) is 13.7 Å². The molecule has 1 N–H and O–H groups in total. The van der Waals surface area contributed by atoms with Crippen LogP contribution in [0.5, 0.6) is 11.5 Å². The van der Waals surface area contributed by atoms with Crippen molar-refractivity contribution in [3.63, 3.8) is 0 Å². The molecule has 0 spiro atoms. The number of hydrogen-bond donors (Lipinski definition) is 1. The van der Waals surface area contributed by atoms with Gasteiger partial charge in [-0.05, 0) is 36.2 Å². The molecule has 0 radical (unpaired) electrons. The summed E-state index contributed by atoms with van der Waals surface area (Å²) < 4.78 is 73.8. The minimum atomic E-state index is -3.98. The number of benzene rings is 2. The minimum Gasteiger partial charge on any atom is -0.493 e. The zero-order valence-corrected chi connectivity index (χ0v) is 14.0.